The number of fused-ring (bicyclic) bond motifs is 1. The summed E-state index contributed by atoms with van der Waals surface area (Å²) < 4.78 is 7.40. The lowest BCUT2D eigenvalue weighted by Gasteiger charge is -2.39. The number of aryl methyl sites for hydroxylation is 2. The summed E-state index contributed by atoms with van der Waals surface area (Å²) in [5.74, 6) is 0.728. The van der Waals surface area contributed by atoms with Gasteiger partial charge in [0, 0.05) is 74.4 Å². The fourth-order valence-electron chi connectivity index (χ4n) is 5.91. The van der Waals surface area contributed by atoms with E-state index in [0.717, 1.165) is 65.2 Å². The molecule has 0 radical (unpaired) electrons. The molecule has 0 unspecified atom stereocenters. The highest BCUT2D eigenvalue weighted by atomic mass is 32.1. The van der Waals surface area contributed by atoms with Crippen LogP contribution in [0.15, 0.2) is 24.5 Å². The molecule has 3 saturated heterocycles. The van der Waals surface area contributed by atoms with Gasteiger partial charge in [0.15, 0.2) is 0 Å². The molecule has 3 aliphatic heterocycles. The number of morpholine rings is 1. The van der Waals surface area contributed by atoms with E-state index >= 15 is 0 Å². The van der Waals surface area contributed by atoms with Crippen LogP contribution in [-0.2, 0) is 29.7 Å². The van der Waals surface area contributed by atoms with Crippen LogP contribution in [0.2, 0.25) is 0 Å². The molecule has 0 spiro atoms. The number of carbonyl (C=O) groups excluding carboxylic acids is 1. The highest BCUT2D eigenvalue weighted by molar-refractivity contribution is 7.11. The lowest BCUT2D eigenvalue weighted by atomic mass is 9.73. The van der Waals surface area contributed by atoms with E-state index in [2.05, 4.69) is 45.1 Å². The number of aromatic nitrogens is 2. The van der Waals surface area contributed by atoms with Crippen LogP contribution in [0.3, 0.4) is 0 Å². The molecule has 0 bridgehead atoms. The number of rotatable bonds is 5. The van der Waals surface area contributed by atoms with Crippen LogP contribution in [0, 0.1) is 18.3 Å². The standard InChI is InChI=1S/C24H35N5O2S/c1-19-4-5-22(32-19)17-27-7-3-6-24(23(30)29-8-10-31-11-9-29)18-28(16-21(24)15-27)14-20-12-25-26(2)13-20/h4-5,12-13,21H,3,6-11,14-18H2,1-2H3/t21-,24-/m0/s1. The fraction of sp³-hybridized carbons (Fsp3) is 0.667. The Labute approximate surface area is 194 Å². The van der Waals surface area contributed by atoms with Gasteiger partial charge in [-0.25, -0.2) is 0 Å². The zero-order valence-electron chi connectivity index (χ0n) is 19.3. The van der Waals surface area contributed by atoms with Crippen molar-refractivity contribution in [3.63, 3.8) is 0 Å². The maximum Gasteiger partial charge on any atom is 0.230 e. The molecule has 0 saturated carbocycles. The largest absolute Gasteiger partial charge is 0.378 e. The normalized spacial score (nSPS) is 27.4. The minimum Gasteiger partial charge on any atom is -0.378 e. The zero-order chi connectivity index (χ0) is 22.1. The van der Waals surface area contributed by atoms with Gasteiger partial charge in [-0.1, -0.05) is 0 Å². The van der Waals surface area contributed by atoms with Crippen molar-refractivity contribution in [2.45, 2.75) is 32.9 Å². The molecule has 0 aromatic carbocycles. The van der Waals surface area contributed by atoms with Crippen molar-refractivity contribution >= 4 is 17.2 Å². The summed E-state index contributed by atoms with van der Waals surface area (Å²) in [4.78, 5) is 24.0. The van der Waals surface area contributed by atoms with Gasteiger partial charge >= 0.3 is 0 Å². The third-order valence-corrected chi connectivity index (χ3v) is 8.39. The molecule has 174 valence electrons. The summed E-state index contributed by atoms with van der Waals surface area (Å²) in [6.45, 7) is 10.7. The van der Waals surface area contributed by atoms with Crippen molar-refractivity contribution in [1.82, 2.24) is 24.5 Å². The summed E-state index contributed by atoms with van der Waals surface area (Å²) in [5, 5.41) is 4.35. The van der Waals surface area contributed by atoms with Crippen LogP contribution >= 0.6 is 11.3 Å². The van der Waals surface area contributed by atoms with E-state index in [1.54, 1.807) is 0 Å². The van der Waals surface area contributed by atoms with Crippen LogP contribution in [0.4, 0.5) is 0 Å². The van der Waals surface area contributed by atoms with Gasteiger partial charge in [0.25, 0.3) is 0 Å². The van der Waals surface area contributed by atoms with E-state index < -0.39 is 0 Å². The highest BCUT2D eigenvalue weighted by Crippen LogP contribution is 2.45. The number of thiophene rings is 1. The van der Waals surface area contributed by atoms with Crippen LogP contribution in [0.1, 0.15) is 28.2 Å². The number of nitrogens with zero attached hydrogens (tertiary/aromatic N) is 5. The molecule has 0 aliphatic carbocycles. The van der Waals surface area contributed by atoms with Crippen LogP contribution < -0.4 is 0 Å². The zero-order valence-corrected chi connectivity index (χ0v) is 20.1. The first-order valence-electron chi connectivity index (χ1n) is 11.9. The van der Waals surface area contributed by atoms with Crippen molar-refractivity contribution in [2.24, 2.45) is 18.4 Å². The van der Waals surface area contributed by atoms with Gasteiger partial charge in [-0.15, -0.1) is 11.3 Å². The van der Waals surface area contributed by atoms with Gasteiger partial charge in [-0.05, 0) is 44.4 Å². The first-order valence-corrected chi connectivity index (χ1v) is 12.7. The molecule has 0 N–H and O–H groups in total. The maximum absolute atomic E-state index is 14.0. The molecule has 3 fully saturated rings. The maximum atomic E-state index is 14.0. The third-order valence-electron chi connectivity index (χ3n) is 7.41. The van der Waals surface area contributed by atoms with Gasteiger partial charge in [-0.2, -0.15) is 5.10 Å². The van der Waals surface area contributed by atoms with E-state index in [1.807, 2.05) is 29.3 Å². The van der Waals surface area contributed by atoms with Gasteiger partial charge in [0.05, 0.1) is 24.8 Å². The topological polar surface area (TPSA) is 53.8 Å². The van der Waals surface area contributed by atoms with E-state index in [0.29, 0.717) is 25.0 Å². The Morgan fingerprint density at radius 3 is 2.72 bits per heavy atom. The molecular formula is C24H35N5O2S. The molecule has 5 rings (SSSR count). The molecule has 8 heteroatoms. The van der Waals surface area contributed by atoms with E-state index in [9.17, 15) is 4.79 Å². The molecule has 5 heterocycles. The van der Waals surface area contributed by atoms with Crippen molar-refractivity contribution in [1.29, 1.82) is 0 Å². The van der Waals surface area contributed by atoms with Gasteiger partial charge < -0.3 is 9.64 Å². The molecule has 1 amide bonds. The number of hydrogen-bond acceptors (Lipinski definition) is 6. The predicted octanol–water partition coefficient (Wildman–Crippen LogP) is 2.36. The number of ether oxygens (including phenoxy) is 1. The molecule has 32 heavy (non-hydrogen) atoms. The Bertz CT molecular complexity index is 936. The van der Waals surface area contributed by atoms with Gasteiger partial charge in [0.1, 0.15) is 0 Å². The summed E-state index contributed by atoms with van der Waals surface area (Å²) in [5.41, 5.74) is 0.948. The number of hydrogen-bond donors (Lipinski definition) is 0. The van der Waals surface area contributed by atoms with Gasteiger partial charge in [0.2, 0.25) is 5.91 Å². The molecule has 2 aromatic rings. The Hall–Kier alpha value is -1.74. The molecular weight excluding hydrogens is 422 g/mol. The van der Waals surface area contributed by atoms with Gasteiger partial charge in [-0.3, -0.25) is 19.3 Å². The Morgan fingerprint density at radius 1 is 1.19 bits per heavy atom. The minimum atomic E-state index is -0.278. The third kappa shape index (κ3) is 4.51. The van der Waals surface area contributed by atoms with Crippen LogP contribution in [0.5, 0.6) is 0 Å². The van der Waals surface area contributed by atoms with Crippen LogP contribution in [0.25, 0.3) is 0 Å². The highest BCUT2D eigenvalue weighted by Gasteiger charge is 2.54. The second-order valence-electron chi connectivity index (χ2n) is 9.80. The first-order chi connectivity index (χ1) is 15.5. The number of carbonyl (C=O) groups is 1. The summed E-state index contributed by atoms with van der Waals surface area (Å²) in [6.07, 6.45) is 6.11. The molecule has 2 atom stereocenters. The van der Waals surface area contributed by atoms with Crippen LogP contribution in [-0.4, -0.2) is 82.9 Å². The van der Waals surface area contributed by atoms with Crippen molar-refractivity contribution in [3.05, 3.63) is 39.8 Å². The summed E-state index contributed by atoms with van der Waals surface area (Å²) >= 11 is 1.90. The average molecular weight is 458 g/mol. The Balaban J connectivity index is 1.37. The lowest BCUT2D eigenvalue weighted by molar-refractivity contribution is -0.148. The minimum absolute atomic E-state index is 0.278. The summed E-state index contributed by atoms with van der Waals surface area (Å²) in [7, 11) is 1.96. The van der Waals surface area contributed by atoms with E-state index in [4.69, 9.17) is 4.74 Å². The first kappa shape index (κ1) is 22.1. The monoisotopic (exact) mass is 457 g/mol. The van der Waals surface area contributed by atoms with E-state index in [-0.39, 0.29) is 5.41 Å². The van der Waals surface area contributed by atoms with E-state index in [1.165, 1.54) is 15.3 Å². The summed E-state index contributed by atoms with van der Waals surface area (Å²) in [6, 6.07) is 4.48. The quantitative estimate of drug-likeness (QED) is 0.690. The average Bonchev–Trinajstić information content (AvgIpc) is 3.45. The Kier molecular flexibility index (Phi) is 6.38. The number of likely N-dealkylation sites (tertiary alicyclic amines) is 2. The number of amides is 1. The smallest absolute Gasteiger partial charge is 0.230 e. The van der Waals surface area contributed by atoms with Crippen molar-refractivity contribution in [3.8, 4) is 0 Å². The predicted molar refractivity (Wildman–Crippen MR) is 125 cm³/mol. The fourth-order valence-corrected chi connectivity index (χ4v) is 6.85. The van der Waals surface area contributed by atoms with Crippen molar-refractivity contribution in [2.75, 3.05) is 52.5 Å². The SMILES string of the molecule is Cc1ccc(CN2CCC[C@]3(C(=O)N4CCOCC4)CN(Cc4cnn(C)c4)C[C@@H]3C2)s1. The molecule has 3 aliphatic rings. The molecule has 2 aromatic heterocycles. The van der Waals surface area contributed by atoms with Crippen molar-refractivity contribution < 1.29 is 9.53 Å². The second kappa shape index (κ2) is 9.25. The molecule has 7 nitrogen and oxygen atoms in total. The second-order valence-corrected chi connectivity index (χ2v) is 11.2. The lowest BCUT2D eigenvalue weighted by Crippen LogP contribution is -2.52. The Morgan fingerprint density at radius 2 is 2.00 bits per heavy atom.